The number of carbonyl (C=O) groups is 3. The van der Waals surface area contributed by atoms with Crippen LogP contribution in [0.25, 0.3) is 10.4 Å². The average molecular weight is 359 g/mol. The summed E-state index contributed by atoms with van der Waals surface area (Å²) in [6.45, 7) is 5.15. The van der Waals surface area contributed by atoms with Gasteiger partial charge in [0.1, 0.15) is 0 Å². The first-order valence-corrected chi connectivity index (χ1v) is 7.55. The maximum absolute atomic E-state index is 11.4. The van der Waals surface area contributed by atoms with E-state index >= 15 is 0 Å². The molecule has 1 aliphatic heterocycles. The summed E-state index contributed by atoms with van der Waals surface area (Å²) < 4.78 is 26.6. The fourth-order valence-electron chi connectivity index (χ4n) is 2.36. The van der Waals surface area contributed by atoms with E-state index in [-0.39, 0.29) is 13.2 Å². The lowest BCUT2D eigenvalue weighted by Crippen LogP contribution is -2.61. The third kappa shape index (κ3) is 6.57. The van der Waals surface area contributed by atoms with Gasteiger partial charge in [0, 0.05) is 32.2 Å². The van der Waals surface area contributed by atoms with Crippen molar-refractivity contribution >= 4 is 17.9 Å². The van der Waals surface area contributed by atoms with Crippen LogP contribution in [0.15, 0.2) is 5.11 Å². The van der Waals surface area contributed by atoms with Crippen LogP contribution in [0.3, 0.4) is 0 Å². The Hall–Kier alpha value is -2.36. The highest BCUT2D eigenvalue weighted by Gasteiger charge is 2.50. The molecular formula is C14H21N3O8. The summed E-state index contributed by atoms with van der Waals surface area (Å²) in [5.74, 6) is -1.92. The maximum Gasteiger partial charge on any atom is 0.303 e. The van der Waals surface area contributed by atoms with Gasteiger partial charge < -0.3 is 23.7 Å². The second-order valence-electron chi connectivity index (χ2n) is 5.26. The van der Waals surface area contributed by atoms with Gasteiger partial charge in [-0.25, -0.2) is 0 Å². The molecule has 0 bridgehead atoms. The van der Waals surface area contributed by atoms with Crippen molar-refractivity contribution in [2.45, 2.75) is 58.4 Å². The Bertz CT molecular complexity index is 548. The fourth-order valence-corrected chi connectivity index (χ4v) is 2.36. The van der Waals surface area contributed by atoms with Crippen molar-refractivity contribution in [2.75, 3.05) is 13.2 Å². The smallest absolute Gasteiger partial charge is 0.303 e. The Kier molecular flexibility index (Phi) is 8.12. The van der Waals surface area contributed by atoms with E-state index in [0.717, 1.165) is 0 Å². The molecule has 11 nitrogen and oxygen atoms in total. The molecule has 1 saturated heterocycles. The Labute approximate surface area is 144 Å². The number of azide groups is 1. The predicted octanol–water partition coefficient (Wildman–Crippen LogP) is 0.853. The third-order valence-corrected chi connectivity index (χ3v) is 3.17. The first kappa shape index (κ1) is 20.7. The zero-order valence-corrected chi connectivity index (χ0v) is 14.4. The molecule has 0 aromatic carbocycles. The summed E-state index contributed by atoms with van der Waals surface area (Å²) in [5, 5.41) is 3.32. The highest BCUT2D eigenvalue weighted by molar-refractivity contribution is 5.68. The number of rotatable bonds is 7. The Balaban J connectivity index is 3.04. The summed E-state index contributed by atoms with van der Waals surface area (Å²) in [5.41, 5.74) is 8.27. The second-order valence-corrected chi connectivity index (χ2v) is 5.26. The lowest BCUT2D eigenvalue weighted by Gasteiger charge is -2.43. The van der Waals surface area contributed by atoms with Crippen LogP contribution in [0.1, 0.15) is 27.7 Å². The van der Waals surface area contributed by atoms with Crippen molar-refractivity contribution in [2.24, 2.45) is 5.11 Å². The third-order valence-electron chi connectivity index (χ3n) is 3.17. The normalized spacial score (nSPS) is 28.4. The van der Waals surface area contributed by atoms with Gasteiger partial charge in [-0.2, -0.15) is 0 Å². The van der Waals surface area contributed by atoms with Gasteiger partial charge >= 0.3 is 17.9 Å². The molecule has 25 heavy (non-hydrogen) atoms. The molecule has 0 N–H and O–H groups in total. The molecule has 0 aliphatic carbocycles. The number of esters is 3. The number of nitrogens with zero attached hydrogens (tertiary/aromatic N) is 3. The second kappa shape index (κ2) is 9.82. The monoisotopic (exact) mass is 359 g/mol. The quantitative estimate of drug-likeness (QED) is 0.162. The van der Waals surface area contributed by atoms with Gasteiger partial charge in [0.05, 0.1) is 12.7 Å². The molecule has 11 heteroatoms. The van der Waals surface area contributed by atoms with E-state index in [1.54, 1.807) is 6.92 Å². The van der Waals surface area contributed by atoms with Crippen LogP contribution in [0.4, 0.5) is 0 Å². The molecule has 0 spiro atoms. The summed E-state index contributed by atoms with van der Waals surface area (Å²) in [6, 6.07) is 0. The number of carbonyl (C=O) groups excluding carboxylic acids is 3. The summed E-state index contributed by atoms with van der Waals surface area (Å²) in [6.07, 6.45) is -5.05. The lowest BCUT2D eigenvalue weighted by atomic mass is 9.99. The Morgan fingerprint density at radius 3 is 2.04 bits per heavy atom. The summed E-state index contributed by atoms with van der Waals surface area (Å²) >= 11 is 0. The predicted molar refractivity (Wildman–Crippen MR) is 81.0 cm³/mol. The van der Waals surface area contributed by atoms with E-state index in [2.05, 4.69) is 10.0 Å². The van der Waals surface area contributed by atoms with Crippen LogP contribution in [0.5, 0.6) is 0 Å². The van der Waals surface area contributed by atoms with Crippen molar-refractivity contribution < 1.29 is 38.1 Å². The highest BCUT2D eigenvalue weighted by Crippen LogP contribution is 2.29. The van der Waals surface area contributed by atoms with E-state index in [4.69, 9.17) is 29.2 Å². The van der Waals surface area contributed by atoms with Crippen molar-refractivity contribution in [1.29, 1.82) is 0 Å². The molecule has 1 aliphatic rings. The molecule has 2 unspecified atom stereocenters. The van der Waals surface area contributed by atoms with E-state index in [1.807, 2.05) is 0 Å². The molecule has 0 aromatic heterocycles. The molecule has 1 rings (SSSR count). The molecule has 140 valence electrons. The van der Waals surface area contributed by atoms with Gasteiger partial charge in [-0.15, -0.1) is 0 Å². The van der Waals surface area contributed by atoms with Gasteiger partial charge in [-0.3, -0.25) is 14.4 Å². The number of hydrogen-bond donors (Lipinski definition) is 0. The largest absolute Gasteiger partial charge is 0.456 e. The van der Waals surface area contributed by atoms with Crippen molar-refractivity contribution in [1.82, 2.24) is 0 Å². The van der Waals surface area contributed by atoms with Crippen molar-refractivity contribution in [3.63, 3.8) is 0 Å². The van der Waals surface area contributed by atoms with Gasteiger partial charge in [0.25, 0.3) is 0 Å². The SMILES string of the molecule is CC(=O)OC1[C@H](OC(C)=O)C(C)O[C@@H](OCCN=[N+]=[N-])[C@H]1OC(C)=O. The Morgan fingerprint density at radius 2 is 1.52 bits per heavy atom. The zero-order chi connectivity index (χ0) is 19.0. The van der Waals surface area contributed by atoms with Gasteiger partial charge in [0.15, 0.2) is 24.6 Å². The van der Waals surface area contributed by atoms with E-state index in [0.29, 0.717) is 0 Å². The number of hydrogen-bond acceptors (Lipinski definition) is 9. The molecule has 0 radical (unpaired) electrons. The molecule has 0 saturated carbocycles. The van der Waals surface area contributed by atoms with Crippen LogP contribution in [0.2, 0.25) is 0 Å². The minimum absolute atomic E-state index is 0.00969. The van der Waals surface area contributed by atoms with Crippen molar-refractivity contribution in [3.05, 3.63) is 10.4 Å². The van der Waals surface area contributed by atoms with Crippen LogP contribution >= 0.6 is 0 Å². The van der Waals surface area contributed by atoms with Crippen LogP contribution in [-0.4, -0.2) is 61.8 Å². The molecule has 0 amide bonds. The van der Waals surface area contributed by atoms with E-state index in [9.17, 15) is 14.4 Å². The van der Waals surface area contributed by atoms with Crippen LogP contribution < -0.4 is 0 Å². The minimum Gasteiger partial charge on any atom is -0.456 e. The van der Waals surface area contributed by atoms with Gasteiger partial charge in [0.2, 0.25) is 0 Å². The minimum atomic E-state index is -1.16. The molecule has 0 aromatic rings. The fraction of sp³-hybridized carbons (Fsp3) is 0.786. The van der Waals surface area contributed by atoms with Crippen molar-refractivity contribution in [3.8, 4) is 0 Å². The standard InChI is InChI=1S/C14H21N3O8/c1-7-11(23-8(2)18)12(24-9(3)19)13(25-10(4)20)14(22-7)21-6-5-16-17-15/h7,11-14H,5-6H2,1-4H3/t7?,11-,12?,13+,14-/m1/s1. The van der Waals surface area contributed by atoms with E-state index < -0.39 is 48.6 Å². The van der Waals surface area contributed by atoms with E-state index in [1.165, 1.54) is 20.8 Å². The molecule has 1 heterocycles. The topological polar surface area (TPSA) is 146 Å². The maximum atomic E-state index is 11.4. The first-order chi connectivity index (χ1) is 11.8. The Morgan fingerprint density at radius 1 is 1.00 bits per heavy atom. The summed E-state index contributed by atoms with van der Waals surface area (Å²) in [4.78, 5) is 36.8. The zero-order valence-electron chi connectivity index (χ0n) is 14.4. The molecule has 5 atom stereocenters. The van der Waals surface area contributed by atoms with Gasteiger partial charge in [-0.05, 0) is 12.5 Å². The van der Waals surface area contributed by atoms with Crippen LogP contribution in [0, 0.1) is 0 Å². The lowest BCUT2D eigenvalue weighted by molar-refractivity contribution is -0.300. The van der Waals surface area contributed by atoms with Crippen LogP contribution in [-0.2, 0) is 38.1 Å². The summed E-state index contributed by atoms with van der Waals surface area (Å²) in [7, 11) is 0. The number of ether oxygens (including phenoxy) is 5. The molecular weight excluding hydrogens is 338 g/mol. The first-order valence-electron chi connectivity index (χ1n) is 7.55. The average Bonchev–Trinajstić information content (AvgIpc) is 2.49. The van der Waals surface area contributed by atoms with Gasteiger partial charge in [-0.1, -0.05) is 5.11 Å². The molecule has 1 fully saturated rings. The highest BCUT2D eigenvalue weighted by atomic mass is 16.7.